The number of benzene rings is 2. The van der Waals surface area contributed by atoms with Crippen LogP contribution in [0, 0.1) is 17.2 Å². The van der Waals surface area contributed by atoms with Gasteiger partial charge in [0.15, 0.2) is 24.7 Å². The molecular formula is C25H27N3O7. The molecule has 184 valence electrons. The van der Waals surface area contributed by atoms with E-state index < -0.39 is 24.0 Å². The van der Waals surface area contributed by atoms with Crippen LogP contribution in [0.1, 0.15) is 30.1 Å². The van der Waals surface area contributed by atoms with E-state index in [-0.39, 0.29) is 35.5 Å². The van der Waals surface area contributed by atoms with Crippen molar-refractivity contribution in [2.24, 2.45) is 5.92 Å². The Balaban J connectivity index is 1.52. The predicted molar refractivity (Wildman–Crippen MR) is 125 cm³/mol. The molecule has 0 aromatic heterocycles. The standard InChI is InChI=1S/C25H27N3O7/c1-25(15-26,17-5-6-17)28-23(30)14-35-24(31)16-4-11-20(21(12-16)33-3)34-13-22(29)27-18-7-9-19(32-2)10-8-18/h4,7-12,17H,5-6,13-14H2,1-3H3,(H,27,29)(H,28,30)/t25-/m0/s1. The molecule has 1 aliphatic rings. The van der Waals surface area contributed by atoms with Crippen molar-refractivity contribution in [3.8, 4) is 23.3 Å². The number of nitrogens with zero attached hydrogens (tertiary/aromatic N) is 1. The van der Waals surface area contributed by atoms with E-state index in [1.165, 1.54) is 25.3 Å². The van der Waals surface area contributed by atoms with Crippen molar-refractivity contribution in [3.63, 3.8) is 0 Å². The molecule has 0 aliphatic heterocycles. The van der Waals surface area contributed by atoms with Crippen molar-refractivity contribution in [3.05, 3.63) is 48.0 Å². The number of methoxy groups -OCH3 is 2. The number of esters is 1. The van der Waals surface area contributed by atoms with Crippen molar-refractivity contribution in [2.45, 2.75) is 25.3 Å². The molecule has 0 spiro atoms. The van der Waals surface area contributed by atoms with Crippen molar-refractivity contribution in [1.82, 2.24) is 5.32 Å². The number of hydrogen-bond acceptors (Lipinski definition) is 8. The van der Waals surface area contributed by atoms with Crippen LogP contribution in [0.4, 0.5) is 5.69 Å². The van der Waals surface area contributed by atoms with Crippen LogP contribution in [0.2, 0.25) is 0 Å². The molecule has 35 heavy (non-hydrogen) atoms. The number of nitrogens with one attached hydrogen (secondary N) is 2. The fourth-order valence-electron chi connectivity index (χ4n) is 3.35. The Morgan fingerprint density at radius 3 is 2.31 bits per heavy atom. The summed E-state index contributed by atoms with van der Waals surface area (Å²) >= 11 is 0. The van der Waals surface area contributed by atoms with Gasteiger partial charge in [-0.15, -0.1) is 0 Å². The number of rotatable bonds is 11. The fourth-order valence-corrected chi connectivity index (χ4v) is 3.35. The maximum Gasteiger partial charge on any atom is 0.338 e. The number of carbonyl (C=O) groups is 3. The Morgan fingerprint density at radius 1 is 1.00 bits per heavy atom. The third kappa shape index (κ3) is 6.86. The lowest BCUT2D eigenvalue weighted by Crippen LogP contribution is -2.48. The van der Waals surface area contributed by atoms with E-state index in [2.05, 4.69) is 16.7 Å². The summed E-state index contributed by atoms with van der Waals surface area (Å²) in [6.07, 6.45) is 1.75. The Hall–Kier alpha value is -4.26. The second kappa shape index (κ2) is 11.2. The molecule has 2 amide bonds. The van der Waals surface area contributed by atoms with Gasteiger partial charge in [-0.05, 0) is 68.1 Å². The Kier molecular flexibility index (Phi) is 8.15. The summed E-state index contributed by atoms with van der Waals surface area (Å²) in [5.74, 6) is -0.434. The first-order valence-corrected chi connectivity index (χ1v) is 10.9. The molecule has 1 saturated carbocycles. The van der Waals surface area contributed by atoms with Crippen molar-refractivity contribution in [1.29, 1.82) is 5.26 Å². The molecule has 0 radical (unpaired) electrons. The fraction of sp³-hybridized carbons (Fsp3) is 0.360. The molecule has 0 bridgehead atoms. The Bertz CT molecular complexity index is 1120. The molecule has 10 nitrogen and oxygen atoms in total. The van der Waals surface area contributed by atoms with E-state index in [1.54, 1.807) is 38.3 Å². The van der Waals surface area contributed by atoms with Gasteiger partial charge in [-0.2, -0.15) is 5.26 Å². The zero-order valence-corrected chi connectivity index (χ0v) is 19.8. The largest absolute Gasteiger partial charge is 0.497 e. The number of nitriles is 1. The molecule has 0 unspecified atom stereocenters. The van der Waals surface area contributed by atoms with E-state index in [4.69, 9.17) is 18.9 Å². The highest BCUT2D eigenvalue weighted by atomic mass is 16.5. The normalized spacial score (nSPS) is 14.0. The molecular weight excluding hydrogens is 454 g/mol. The van der Waals surface area contributed by atoms with Gasteiger partial charge >= 0.3 is 5.97 Å². The lowest BCUT2D eigenvalue weighted by atomic mass is 9.98. The van der Waals surface area contributed by atoms with E-state index in [0.717, 1.165) is 12.8 Å². The van der Waals surface area contributed by atoms with Crippen LogP contribution in [-0.2, 0) is 14.3 Å². The molecule has 2 N–H and O–H groups in total. The van der Waals surface area contributed by atoms with Crippen LogP contribution in [0.5, 0.6) is 17.2 Å². The van der Waals surface area contributed by atoms with Gasteiger partial charge in [-0.3, -0.25) is 9.59 Å². The van der Waals surface area contributed by atoms with Crippen LogP contribution in [0.3, 0.4) is 0 Å². The van der Waals surface area contributed by atoms with Crippen molar-refractivity contribution < 1.29 is 33.3 Å². The summed E-state index contributed by atoms with van der Waals surface area (Å²) in [6, 6.07) is 13.2. The summed E-state index contributed by atoms with van der Waals surface area (Å²) in [7, 11) is 2.94. The Labute approximate surface area is 203 Å². The summed E-state index contributed by atoms with van der Waals surface area (Å²) in [6.45, 7) is 0.852. The zero-order chi connectivity index (χ0) is 25.4. The summed E-state index contributed by atoms with van der Waals surface area (Å²) in [5, 5.41) is 14.7. The van der Waals surface area contributed by atoms with Crippen LogP contribution in [0.25, 0.3) is 0 Å². The van der Waals surface area contributed by atoms with Gasteiger partial charge in [0.2, 0.25) is 0 Å². The SMILES string of the molecule is COc1ccc(NC(=O)COc2ccc(C(=O)OCC(=O)N[C@@](C)(C#N)C3CC3)cc2OC)cc1. The average Bonchev–Trinajstić information content (AvgIpc) is 3.72. The Morgan fingerprint density at radius 2 is 1.71 bits per heavy atom. The van der Waals surface area contributed by atoms with Gasteiger partial charge < -0.3 is 29.6 Å². The maximum absolute atomic E-state index is 12.4. The van der Waals surface area contributed by atoms with Crippen molar-refractivity contribution in [2.75, 3.05) is 32.8 Å². The summed E-state index contributed by atoms with van der Waals surface area (Å²) in [5.41, 5.74) is -0.249. The quantitative estimate of drug-likeness (QED) is 0.468. The predicted octanol–water partition coefficient (Wildman–Crippen LogP) is 2.69. The van der Waals surface area contributed by atoms with E-state index in [9.17, 15) is 19.6 Å². The molecule has 10 heteroatoms. The van der Waals surface area contributed by atoms with E-state index >= 15 is 0 Å². The molecule has 1 aliphatic carbocycles. The van der Waals surface area contributed by atoms with Crippen LogP contribution in [-0.4, -0.2) is 50.8 Å². The van der Waals surface area contributed by atoms with Crippen LogP contribution in [0.15, 0.2) is 42.5 Å². The number of ether oxygens (including phenoxy) is 4. The van der Waals surface area contributed by atoms with Crippen LogP contribution >= 0.6 is 0 Å². The number of carbonyl (C=O) groups excluding carboxylic acids is 3. The highest BCUT2D eigenvalue weighted by Crippen LogP contribution is 2.39. The molecule has 2 aromatic carbocycles. The monoisotopic (exact) mass is 481 g/mol. The van der Waals surface area contributed by atoms with E-state index in [0.29, 0.717) is 11.4 Å². The second-order valence-electron chi connectivity index (χ2n) is 8.14. The highest BCUT2D eigenvalue weighted by Gasteiger charge is 2.43. The second-order valence-corrected chi connectivity index (χ2v) is 8.14. The average molecular weight is 482 g/mol. The molecule has 0 saturated heterocycles. The zero-order valence-electron chi connectivity index (χ0n) is 19.8. The van der Waals surface area contributed by atoms with E-state index in [1.807, 2.05) is 0 Å². The van der Waals surface area contributed by atoms with Gasteiger partial charge in [0.1, 0.15) is 11.3 Å². The lowest BCUT2D eigenvalue weighted by molar-refractivity contribution is -0.125. The smallest absolute Gasteiger partial charge is 0.338 e. The molecule has 1 fully saturated rings. The van der Waals surface area contributed by atoms with Crippen LogP contribution < -0.4 is 24.8 Å². The minimum absolute atomic E-state index is 0.113. The first kappa shape index (κ1) is 25.4. The summed E-state index contributed by atoms with van der Waals surface area (Å²) < 4.78 is 20.9. The molecule has 3 rings (SSSR count). The minimum atomic E-state index is -0.967. The highest BCUT2D eigenvalue weighted by molar-refractivity contribution is 5.93. The number of hydrogen-bond donors (Lipinski definition) is 2. The first-order chi connectivity index (χ1) is 16.8. The van der Waals surface area contributed by atoms with Gasteiger partial charge in [0.05, 0.1) is 25.9 Å². The molecule has 0 heterocycles. The van der Waals surface area contributed by atoms with Gasteiger partial charge in [-0.25, -0.2) is 4.79 Å². The third-order valence-electron chi connectivity index (χ3n) is 5.49. The number of amides is 2. The third-order valence-corrected chi connectivity index (χ3v) is 5.49. The molecule has 2 aromatic rings. The minimum Gasteiger partial charge on any atom is -0.497 e. The lowest BCUT2D eigenvalue weighted by Gasteiger charge is -2.22. The topological polar surface area (TPSA) is 136 Å². The molecule has 1 atom stereocenters. The first-order valence-electron chi connectivity index (χ1n) is 10.9. The van der Waals surface area contributed by atoms with Gasteiger partial charge in [0.25, 0.3) is 11.8 Å². The maximum atomic E-state index is 12.4. The van der Waals surface area contributed by atoms with Gasteiger partial charge in [-0.1, -0.05) is 0 Å². The van der Waals surface area contributed by atoms with Crippen molar-refractivity contribution >= 4 is 23.5 Å². The summed E-state index contributed by atoms with van der Waals surface area (Å²) in [4.78, 5) is 36.7. The van der Waals surface area contributed by atoms with Gasteiger partial charge in [0, 0.05) is 5.69 Å². The number of anilines is 1.